The molecular formula is C19H16N4O2S. The van der Waals surface area contributed by atoms with Gasteiger partial charge in [0.05, 0.1) is 25.3 Å². The van der Waals surface area contributed by atoms with E-state index in [1.165, 1.54) is 11.3 Å². The molecule has 0 fully saturated rings. The highest BCUT2D eigenvalue weighted by molar-refractivity contribution is 7.13. The first-order valence-corrected chi connectivity index (χ1v) is 8.80. The third-order valence-electron chi connectivity index (χ3n) is 3.92. The predicted molar refractivity (Wildman–Crippen MR) is 103 cm³/mol. The van der Waals surface area contributed by atoms with E-state index in [-0.39, 0.29) is 0 Å². The van der Waals surface area contributed by atoms with Crippen molar-refractivity contribution in [3.63, 3.8) is 0 Å². The molecule has 0 aliphatic carbocycles. The smallest absolute Gasteiger partial charge is 0.188 e. The Morgan fingerprint density at radius 3 is 2.54 bits per heavy atom. The molecule has 0 spiro atoms. The number of methoxy groups -OCH3 is 2. The minimum atomic E-state index is 0.678. The fourth-order valence-electron chi connectivity index (χ4n) is 2.64. The summed E-state index contributed by atoms with van der Waals surface area (Å²) < 4.78 is 10.7. The third kappa shape index (κ3) is 3.16. The molecule has 0 atom stereocenters. The lowest BCUT2D eigenvalue weighted by molar-refractivity contribution is 0.355. The molecular weight excluding hydrogens is 348 g/mol. The van der Waals surface area contributed by atoms with Gasteiger partial charge in [0, 0.05) is 23.3 Å². The van der Waals surface area contributed by atoms with Crippen molar-refractivity contribution in [2.45, 2.75) is 0 Å². The number of benzene rings is 1. The highest BCUT2D eigenvalue weighted by Gasteiger charge is 2.08. The fraction of sp³-hybridized carbons (Fsp3) is 0.105. The van der Waals surface area contributed by atoms with Crippen LogP contribution in [0.2, 0.25) is 0 Å². The lowest BCUT2D eigenvalue weighted by Gasteiger charge is -2.10. The summed E-state index contributed by atoms with van der Waals surface area (Å²) in [6, 6.07) is 11.6. The Balaban J connectivity index is 1.72. The summed E-state index contributed by atoms with van der Waals surface area (Å²) in [6.07, 6.45) is 3.59. The van der Waals surface area contributed by atoms with Crippen molar-refractivity contribution in [1.82, 2.24) is 15.0 Å². The Hall–Kier alpha value is -3.19. The van der Waals surface area contributed by atoms with E-state index in [9.17, 15) is 0 Å². The maximum Gasteiger partial charge on any atom is 0.188 e. The van der Waals surface area contributed by atoms with Gasteiger partial charge in [-0.3, -0.25) is 4.98 Å². The lowest BCUT2D eigenvalue weighted by atomic mass is 10.1. The van der Waals surface area contributed by atoms with Crippen LogP contribution in [0.5, 0.6) is 11.5 Å². The summed E-state index contributed by atoms with van der Waals surface area (Å²) in [5.74, 6) is 2.11. The van der Waals surface area contributed by atoms with Gasteiger partial charge in [0.2, 0.25) is 0 Å². The number of pyridine rings is 2. The van der Waals surface area contributed by atoms with E-state index < -0.39 is 0 Å². The molecule has 4 rings (SSSR count). The van der Waals surface area contributed by atoms with Crippen molar-refractivity contribution in [2.75, 3.05) is 19.5 Å². The van der Waals surface area contributed by atoms with Gasteiger partial charge < -0.3 is 14.8 Å². The number of fused-ring (bicyclic) bond motifs is 1. The number of anilines is 2. The van der Waals surface area contributed by atoms with Crippen molar-refractivity contribution >= 4 is 33.3 Å². The molecule has 6 nitrogen and oxygen atoms in total. The van der Waals surface area contributed by atoms with E-state index in [1.54, 1.807) is 20.4 Å². The number of nitrogens with one attached hydrogen (secondary N) is 1. The van der Waals surface area contributed by atoms with E-state index in [1.807, 2.05) is 48.0 Å². The van der Waals surface area contributed by atoms with Crippen LogP contribution in [0.15, 0.2) is 54.2 Å². The second kappa shape index (κ2) is 6.97. The SMILES string of the molecule is COc1ccc(-c2cnc3ccc(Nc4nccs4)nc3c2)cc1OC. The molecule has 7 heteroatoms. The molecule has 0 radical (unpaired) electrons. The van der Waals surface area contributed by atoms with Gasteiger partial charge in [0.15, 0.2) is 16.6 Å². The van der Waals surface area contributed by atoms with Gasteiger partial charge in [-0.25, -0.2) is 9.97 Å². The quantitative estimate of drug-likeness (QED) is 0.562. The van der Waals surface area contributed by atoms with Gasteiger partial charge in [-0.15, -0.1) is 11.3 Å². The average molecular weight is 364 g/mol. The standard InChI is InChI=1S/C19H16N4O2S/c1-24-16-5-3-12(10-17(16)25-2)13-9-15-14(21-11-13)4-6-18(22-15)23-19-20-7-8-26-19/h3-11H,1-2H3,(H,20,22,23). The van der Waals surface area contributed by atoms with Crippen LogP contribution in [0.25, 0.3) is 22.2 Å². The molecule has 4 aromatic rings. The zero-order chi connectivity index (χ0) is 17.9. The van der Waals surface area contributed by atoms with E-state index in [0.717, 1.165) is 33.1 Å². The van der Waals surface area contributed by atoms with Crippen LogP contribution in [0, 0.1) is 0 Å². The lowest BCUT2D eigenvalue weighted by Crippen LogP contribution is -1.94. The zero-order valence-corrected chi connectivity index (χ0v) is 15.1. The van der Waals surface area contributed by atoms with Gasteiger partial charge in [0.1, 0.15) is 5.82 Å². The molecule has 0 saturated carbocycles. The van der Waals surface area contributed by atoms with Crippen LogP contribution < -0.4 is 14.8 Å². The molecule has 0 amide bonds. The molecule has 1 aromatic carbocycles. The molecule has 0 saturated heterocycles. The number of aromatic nitrogens is 3. The van der Waals surface area contributed by atoms with Gasteiger partial charge in [-0.1, -0.05) is 6.07 Å². The van der Waals surface area contributed by atoms with Gasteiger partial charge >= 0.3 is 0 Å². The van der Waals surface area contributed by atoms with Crippen molar-refractivity contribution in [2.24, 2.45) is 0 Å². The van der Waals surface area contributed by atoms with Gasteiger partial charge in [0.25, 0.3) is 0 Å². The van der Waals surface area contributed by atoms with Gasteiger partial charge in [-0.2, -0.15) is 0 Å². The second-order valence-corrected chi connectivity index (χ2v) is 6.39. The Kier molecular flexibility index (Phi) is 4.37. The first kappa shape index (κ1) is 16.3. The number of thiazole rings is 1. The van der Waals surface area contributed by atoms with Crippen LogP contribution in [-0.2, 0) is 0 Å². The topological polar surface area (TPSA) is 69.2 Å². The number of nitrogens with zero attached hydrogens (tertiary/aromatic N) is 3. The Labute approximate surface area is 154 Å². The van der Waals surface area contributed by atoms with Crippen LogP contribution >= 0.6 is 11.3 Å². The summed E-state index contributed by atoms with van der Waals surface area (Å²) in [6.45, 7) is 0. The van der Waals surface area contributed by atoms with E-state index in [0.29, 0.717) is 11.5 Å². The Morgan fingerprint density at radius 2 is 1.77 bits per heavy atom. The summed E-state index contributed by atoms with van der Waals surface area (Å²) in [4.78, 5) is 13.4. The molecule has 3 heterocycles. The van der Waals surface area contributed by atoms with E-state index >= 15 is 0 Å². The summed E-state index contributed by atoms with van der Waals surface area (Å²) in [7, 11) is 3.24. The molecule has 3 aromatic heterocycles. The van der Waals surface area contributed by atoms with Crippen molar-refractivity contribution in [1.29, 1.82) is 0 Å². The molecule has 0 aliphatic heterocycles. The molecule has 0 aliphatic rings. The third-order valence-corrected chi connectivity index (χ3v) is 4.61. The zero-order valence-electron chi connectivity index (χ0n) is 14.3. The number of hydrogen-bond donors (Lipinski definition) is 1. The van der Waals surface area contributed by atoms with Crippen molar-refractivity contribution < 1.29 is 9.47 Å². The first-order chi connectivity index (χ1) is 12.8. The van der Waals surface area contributed by atoms with E-state index in [2.05, 4.69) is 20.3 Å². The van der Waals surface area contributed by atoms with Crippen molar-refractivity contribution in [3.05, 3.63) is 54.2 Å². The Morgan fingerprint density at radius 1 is 0.885 bits per heavy atom. The monoisotopic (exact) mass is 364 g/mol. The fourth-order valence-corrected chi connectivity index (χ4v) is 3.18. The van der Waals surface area contributed by atoms with Gasteiger partial charge in [-0.05, 0) is 35.9 Å². The molecule has 0 unspecified atom stereocenters. The largest absolute Gasteiger partial charge is 0.493 e. The summed E-state index contributed by atoms with van der Waals surface area (Å²) in [5.41, 5.74) is 3.58. The molecule has 26 heavy (non-hydrogen) atoms. The Bertz CT molecular complexity index is 1050. The maximum atomic E-state index is 5.39. The van der Waals surface area contributed by atoms with Crippen LogP contribution in [0.1, 0.15) is 0 Å². The normalized spacial score (nSPS) is 10.7. The first-order valence-electron chi connectivity index (χ1n) is 7.92. The number of ether oxygens (including phenoxy) is 2. The minimum Gasteiger partial charge on any atom is -0.493 e. The van der Waals surface area contributed by atoms with Crippen LogP contribution in [0.3, 0.4) is 0 Å². The maximum absolute atomic E-state index is 5.39. The van der Waals surface area contributed by atoms with Crippen LogP contribution in [-0.4, -0.2) is 29.2 Å². The summed E-state index contributed by atoms with van der Waals surface area (Å²) in [5, 5.41) is 5.92. The van der Waals surface area contributed by atoms with Crippen LogP contribution in [0.4, 0.5) is 10.9 Å². The van der Waals surface area contributed by atoms with Crippen molar-refractivity contribution in [3.8, 4) is 22.6 Å². The molecule has 0 bridgehead atoms. The minimum absolute atomic E-state index is 0.678. The highest BCUT2D eigenvalue weighted by Crippen LogP contribution is 2.33. The number of hydrogen-bond acceptors (Lipinski definition) is 7. The molecule has 1 N–H and O–H groups in total. The average Bonchev–Trinajstić information content (AvgIpc) is 3.20. The van der Waals surface area contributed by atoms with E-state index in [4.69, 9.17) is 9.47 Å². The number of rotatable bonds is 5. The molecule has 130 valence electrons. The summed E-state index contributed by atoms with van der Waals surface area (Å²) >= 11 is 1.53. The highest BCUT2D eigenvalue weighted by atomic mass is 32.1. The predicted octanol–water partition coefficient (Wildman–Crippen LogP) is 4.51. The second-order valence-electron chi connectivity index (χ2n) is 5.49.